The lowest BCUT2D eigenvalue weighted by Crippen LogP contribution is -2.23. The monoisotopic (exact) mass is 433 g/mol. The van der Waals surface area contributed by atoms with E-state index in [2.05, 4.69) is 15.0 Å². The van der Waals surface area contributed by atoms with Gasteiger partial charge in [-0.25, -0.2) is 32.3 Å². The lowest BCUT2D eigenvalue weighted by atomic mass is 10.1. The molecule has 4 aromatic rings. The van der Waals surface area contributed by atoms with Gasteiger partial charge in [-0.15, -0.1) is 0 Å². The van der Waals surface area contributed by atoms with Crippen molar-refractivity contribution < 1.29 is 21.9 Å². The van der Waals surface area contributed by atoms with Crippen LogP contribution in [-0.2, 0) is 16.6 Å². The van der Waals surface area contributed by atoms with Gasteiger partial charge in [-0.2, -0.15) is 4.98 Å². The first-order chi connectivity index (χ1) is 14.2. The summed E-state index contributed by atoms with van der Waals surface area (Å²) in [4.78, 5) is 24.2. The van der Waals surface area contributed by atoms with E-state index in [1.54, 1.807) is 12.1 Å². The van der Waals surface area contributed by atoms with Crippen molar-refractivity contribution in [2.45, 2.75) is 11.4 Å². The molecule has 0 aliphatic carbocycles. The third-order valence-corrected chi connectivity index (χ3v) is 5.37. The number of primary sulfonamides is 1. The number of fused-ring (bicyclic) bond motifs is 3. The summed E-state index contributed by atoms with van der Waals surface area (Å²) in [6.07, 6.45) is 2.37. The highest BCUT2D eigenvalue weighted by atomic mass is 32.2. The fourth-order valence-electron chi connectivity index (χ4n) is 3.04. The highest BCUT2D eigenvalue weighted by Gasteiger charge is 2.19. The van der Waals surface area contributed by atoms with E-state index in [1.165, 1.54) is 13.3 Å². The Morgan fingerprint density at radius 1 is 1.13 bits per heavy atom. The standard InChI is InChI=1S/C18H13F2N5O4S/c1-29-15-3-2-10-17-14(6-23-18(10)24-15)22-7-16(26)25(17)8-11-12(19)4-9(5-13(11)20)30(21,27)28/h2-7H,8H2,1H3,(H2,21,27,28). The molecule has 2 N–H and O–H groups in total. The van der Waals surface area contributed by atoms with Gasteiger partial charge >= 0.3 is 0 Å². The van der Waals surface area contributed by atoms with Crippen molar-refractivity contribution in [1.29, 1.82) is 0 Å². The van der Waals surface area contributed by atoms with Gasteiger partial charge in [0.2, 0.25) is 15.9 Å². The molecule has 154 valence electrons. The van der Waals surface area contributed by atoms with Gasteiger partial charge in [0.15, 0.2) is 5.65 Å². The van der Waals surface area contributed by atoms with Crippen molar-refractivity contribution in [3.05, 3.63) is 64.2 Å². The predicted octanol–water partition coefficient (Wildman–Crippen LogP) is 1.32. The minimum atomic E-state index is -4.30. The number of aromatic nitrogens is 4. The number of hydrogen-bond acceptors (Lipinski definition) is 7. The summed E-state index contributed by atoms with van der Waals surface area (Å²) >= 11 is 0. The third-order valence-electron chi connectivity index (χ3n) is 4.47. The van der Waals surface area contributed by atoms with Crippen LogP contribution in [0.5, 0.6) is 5.88 Å². The topological polar surface area (TPSA) is 130 Å². The van der Waals surface area contributed by atoms with Crippen molar-refractivity contribution in [2.75, 3.05) is 7.11 Å². The number of halogens is 2. The molecule has 0 unspecified atom stereocenters. The second-order valence-corrected chi connectivity index (χ2v) is 7.87. The number of benzene rings is 1. The maximum absolute atomic E-state index is 14.5. The maximum Gasteiger partial charge on any atom is 0.269 e. The van der Waals surface area contributed by atoms with Gasteiger partial charge in [0.05, 0.1) is 36.5 Å². The van der Waals surface area contributed by atoms with Crippen LogP contribution in [0.25, 0.3) is 22.1 Å². The van der Waals surface area contributed by atoms with Gasteiger partial charge in [0.1, 0.15) is 17.2 Å². The van der Waals surface area contributed by atoms with Gasteiger partial charge in [-0.05, 0) is 18.2 Å². The zero-order valence-electron chi connectivity index (χ0n) is 15.3. The van der Waals surface area contributed by atoms with E-state index in [1.807, 2.05) is 0 Å². The zero-order valence-corrected chi connectivity index (χ0v) is 16.2. The van der Waals surface area contributed by atoms with E-state index in [0.29, 0.717) is 28.9 Å². The number of nitrogens with two attached hydrogens (primary N) is 1. The SMILES string of the molecule is COc1ccc2c(ncc3ncc(=O)n(Cc4c(F)cc(S(N)(=O)=O)cc4F)c32)n1. The summed E-state index contributed by atoms with van der Waals surface area (Å²) in [5.41, 5.74) is -0.329. The van der Waals surface area contributed by atoms with Crippen LogP contribution in [0.1, 0.15) is 5.56 Å². The molecule has 9 nitrogen and oxygen atoms in total. The Morgan fingerprint density at radius 3 is 2.47 bits per heavy atom. The molecule has 30 heavy (non-hydrogen) atoms. The summed E-state index contributed by atoms with van der Waals surface area (Å²) in [7, 11) is -2.87. The Hall–Kier alpha value is -3.51. The molecule has 0 saturated heterocycles. The molecule has 0 radical (unpaired) electrons. The zero-order chi connectivity index (χ0) is 21.6. The molecule has 0 saturated carbocycles. The molecule has 0 bridgehead atoms. The van der Waals surface area contributed by atoms with E-state index in [9.17, 15) is 22.0 Å². The smallest absolute Gasteiger partial charge is 0.269 e. The van der Waals surface area contributed by atoms with Gasteiger partial charge in [0.25, 0.3) is 5.56 Å². The lowest BCUT2D eigenvalue weighted by Gasteiger charge is -2.13. The van der Waals surface area contributed by atoms with E-state index in [-0.39, 0.29) is 11.2 Å². The number of ether oxygens (including phenoxy) is 1. The fraction of sp³-hybridized carbons (Fsp3) is 0.111. The quantitative estimate of drug-likeness (QED) is 0.481. The average molecular weight is 433 g/mol. The third kappa shape index (κ3) is 3.35. The second kappa shape index (κ2) is 7.07. The maximum atomic E-state index is 14.5. The van der Waals surface area contributed by atoms with Crippen molar-refractivity contribution in [3.63, 3.8) is 0 Å². The van der Waals surface area contributed by atoms with Crippen molar-refractivity contribution in [1.82, 2.24) is 19.5 Å². The van der Waals surface area contributed by atoms with Crippen LogP contribution in [0, 0.1) is 11.6 Å². The fourth-order valence-corrected chi connectivity index (χ4v) is 3.58. The Bertz CT molecular complexity index is 1460. The first-order valence-electron chi connectivity index (χ1n) is 8.39. The predicted molar refractivity (Wildman–Crippen MR) is 102 cm³/mol. The molecular weight excluding hydrogens is 420 g/mol. The Balaban J connectivity index is 1.97. The number of hydrogen-bond donors (Lipinski definition) is 1. The number of pyridine rings is 2. The minimum absolute atomic E-state index is 0.244. The van der Waals surface area contributed by atoms with E-state index in [0.717, 1.165) is 10.8 Å². The summed E-state index contributed by atoms with van der Waals surface area (Å²) < 4.78 is 58.0. The Labute approximate surface area is 167 Å². The van der Waals surface area contributed by atoms with Gasteiger partial charge < -0.3 is 4.74 Å². The summed E-state index contributed by atoms with van der Waals surface area (Å²) in [6, 6.07) is 4.36. The van der Waals surface area contributed by atoms with Crippen LogP contribution in [0.2, 0.25) is 0 Å². The van der Waals surface area contributed by atoms with Crippen molar-refractivity contribution in [3.8, 4) is 5.88 Å². The van der Waals surface area contributed by atoms with Crippen molar-refractivity contribution >= 4 is 32.1 Å². The van der Waals surface area contributed by atoms with Crippen LogP contribution in [-0.4, -0.2) is 35.0 Å². The molecule has 4 rings (SSSR count). The van der Waals surface area contributed by atoms with Gasteiger partial charge in [-0.3, -0.25) is 9.36 Å². The first kappa shape index (κ1) is 19.8. The highest BCUT2D eigenvalue weighted by Crippen LogP contribution is 2.24. The molecule has 0 amide bonds. The number of methoxy groups -OCH3 is 1. The molecule has 0 aliphatic rings. The summed E-state index contributed by atoms with van der Waals surface area (Å²) in [5, 5.41) is 5.35. The van der Waals surface area contributed by atoms with Crippen molar-refractivity contribution in [2.24, 2.45) is 5.14 Å². The average Bonchev–Trinajstić information content (AvgIpc) is 2.70. The number of sulfonamides is 1. The van der Waals surface area contributed by atoms with Crippen LogP contribution < -0.4 is 15.4 Å². The molecule has 3 aromatic heterocycles. The lowest BCUT2D eigenvalue weighted by molar-refractivity contribution is 0.399. The molecule has 0 atom stereocenters. The molecule has 0 aliphatic heterocycles. The van der Waals surface area contributed by atoms with Crippen LogP contribution >= 0.6 is 0 Å². The second-order valence-electron chi connectivity index (χ2n) is 6.31. The van der Waals surface area contributed by atoms with Crippen LogP contribution in [0.15, 0.2) is 46.3 Å². The molecule has 3 heterocycles. The molecular formula is C18H13F2N5O4S. The van der Waals surface area contributed by atoms with Gasteiger partial charge in [0, 0.05) is 17.0 Å². The normalized spacial score (nSPS) is 11.9. The first-order valence-corrected chi connectivity index (χ1v) is 9.93. The minimum Gasteiger partial charge on any atom is -0.481 e. The Kier molecular flexibility index (Phi) is 4.67. The molecule has 12 heteroatoms. The molecule has 1 aromatic carbocycles. The summed E-state index contributed by atoms with van der Waals surface area (Å²) in [5.74, 6) is -2.02. The van der Waals surface area contributed by atoms with Crippen LogP contribution in [0.3, 0.4) is 0 Å². The number of nitrogens with zero attached hydrogens (tertiary/aromatic N) is 4. The highest BCUT2D eigenvalue weighted by molar-refractivity contribution is 7.89. The van der Waals surface area contributed by atoms with E-state index < -0.39 is 44.2 Å². The van der Waals surface area contributed by atoms with Crippen LogP contribution in [0.4, 0.5) is 8.78 Å². The van der Waals surface area contributed by atoms with Gasteiger partial charge in [-0.1, -0.05) is 0 Å². The summed E-state index contributed by atoms with van der Waals surface area (Å²) in [6.45, 7) is -0.522. The van der Waals surface area contributed by atoms with E-state index in [4.69, 9.17) is 9.88 Å². The molecule has 0 fully saturated rings. The van der Waals surface area contributed by atoms with E-state index >= 15 is 0 Å². The largest absolute Gasteiger partial charge is 0.481 e. The Morgan fingerprint density at radius 2 is 1.83 bits per heavy atom. The number of rotatable bonds is 4. The molecule has 0 spiro atoms.